The summed E-state index contributed by atoms with van der Waals surface area (Å²) < 4.78 is 7.69. The summed E-state index contributed by atoms with van der Waals surface area (Å²) in [7, 11) is 1.83. The van der Waals surface area contributed by atoms with Crippen molar-refractivity contribution in [2.24, 2.45) is 7.05 Å². The van der Waals surface area contributed by atoms with E-state index >= 15 is 0 Å². The first-order valence-corrected chi connectivity index (χ1v) is 9.00. The fourth-order valence-electron chi connectivity index (χ4n) is 3.42. The zero-order valence-corrected chi connectivity index (χ0v) is 15.5. The maximum atomic E-state index is 13.0. The Kier molecular flexibility index (Phi) is 4.49. The topological polar surface area (TPSA) is 60.2 Å². The molecule has 138 valence electrons. The highest BCUT2D eigenvalue weighted by Crippen LogP contribution is 2.30. The van der Waals surface area contributed by atoms with Crippen molar-refractivity contribution in [2.75, 3.05) is 19.7 Å². The molecule has 4 rings (SSSR count). The van der Waals surface area contributed by atoms with Crippen LogP contribution in [0.3, 0.4) is 0 Å². The fraction of sp³-hybridized carbons (Fsp3) is 0.286. The van der Waals surface area contributed by atoms with E-state index in [1.54, 1.807) is 11.0 Å². The molecule has 1 atom stereocenters. The highest BCUT2D eigenvalue weighted by molar-refractivity contribution is 5.94. The molecule has 1 aliphatic rings. The molecule has 0 N–H and O–H groups in total. The van der Waals surface area contributed by atoms with E-state index in [0.29, 0.717) is 31.1 Å². The number of ether oxygens (including phenoxy) is 1. The van der Waals surface area contributed by atoms with E-state index in [9.17, 15) is 4.79 Å². The first-order valence-electron chi connectivity index (χ1n) is 9.00. The molecule has 6 heteroatoms. The van der Waals surface area contributed by atoms with Crippen molar-refractivity contribution in [3.05, 3.63) is 72.1 Å². The molecule has 6 nitrogen and oxygen atoms in total. The van der Waals surface area contributed by atoms with Crippen molar-refractivity contribution < 1.29 is 9.53 Å². The predicted octanol–water partition coefficient (Wildman–Crippen LogP) is 2.87. The third kappa shape index (κ3) is 3.48. The van der Waals surface area contributed by atoms with Gasteiger partial charge in [0.2, 0.25) is 0 Å². The molecule has 1 saturated heterocycles. The lowest BCUT2D eigenvalue weighted by Gasteiger charge is -2.41. The summed E-state index contributed by atoms with van der Waals surface area (Å²) in [5.41, 5.74) is 2.14. The van der Waals surface area contributed by atoms with Gasteiger partial charge in [-0.15, -0.1) is 0 Å². The van der Waals surface area contributed by atoms with Gasteiger partial charge in [-0.25, -0.2) is 4.98 Å². The van der Waals surface area contributed by atoms with Crippen molar-refractivity contribution >= 4 is 5.91 Å². The molecule has 0 aliphatic carbocycles. The van der Waals surface area contributed by atoms with Crippen molar-refractivity contribution in [3.8, 4) is 11.4 Å². The molecule has 1 unspecified atom stereocenters. The molecule has 0 saturated carbocycles. The van der Waals surface area contributed by atoms with Gasteiger partial charge in [0.1, 0.15) is 11.9 Å². The van der Waals surface area contributed by atoms with Crippen LogP contribution in [0.4, 0.5) is 0 Å². The Morgan fingerprint density at radius 3 is 2.52 bits per heavy atom. The number of hydrogen-bond acceptors (Lipinski definition) is 4. The second kappa shape index (κ2) is 6.96. The van der Waals surface area contributed by atoms with Crippen LogP contribution < -0.4 is 0 Å². The first-order chi connectivity index (χ1) is 13.0. The smallest absolute Gasteiger partial charge is 0.254 e. The highest BCUT2D eigenvalue weighted by atomic mass is 16.5. The van der Waals surface area contributed by atoms with E-state index in [1.807, 2.05) is 73.5 Å². The number of hydrogen-bond donors (Lipinski definition) is 0. The van der Waals surface area contributed by atoms with Crippen LogP contribution in [-0.4, -0.2) is 45.3 Å². The quantitative estimate of drug-likeness (QED) is 0.719. The number of aromatic nitrogens is 3. The van der Waals surface area contributed by atoms with Gasteiger partial charge in [0.25, 0.3) is 5.91 Å². The third-order valence-electron chi connectivity index (χ3n) is 4.94. The molecule has 3 aromatic rings. The van der Waals surface area contributed by atoms with Crippen LogP contribution in [-0.2, 0) is 17.4 Å². The third-order valence-corrected chi connectivity index (χ3v) is 4.94. The summed E-state index contributed by atoms with van der Waals surface area (Å²) in [5, 5.41) is 4.29. The van der Waals surface area contributed by atoms with Crippen LogP contribution in [0.15, 0.2) is 60.9 Å². The zero-order valence-electron chi connectivity index (χ0n) is 15.5. The lowest BCUT2D eigenvalue weighted by atomic mass is 9.93. The number of nitrogens with zero attached hydrogens (tertiary/aromatic N) is 4. The molecule has 1 fully saturated rings. The summed E-state index contributed by atoms with van der Waals surface area (Å²) in [6, 6.07) is 17.5. The van der Waals surface area contributed by atoms with E-state index in [-0.39, 0.29) is 5.91 Å². The Hall–Kier alpha value is -2.99. The second-order valence-corrected chi connectivity index (χ2v) is 6.99. The number of aryl methyl sites for hydroxylation is 1. The summed E-state index contributed by atoms with van der Waals surface area (Å²) in [5.74, 6) is 0.667. The second-order valence-electron chi connectivity index (χ2n) is 6.99. The molecule has 2 aromatic carbocycles. The lowest BCUT2D eigenvalue weighted by Crippen LogP contribution is -2.50. The van der Waals surface area contributed by atoms with Crippen molar-refractivity contribution in [2.45, 2.75) is 12.5 Å². The molecule has 0 radical (unpaired) electrons. The van der Waals surface area contributed by atoms with E-state index in [4.69, 9.17) is 4.74 Å². The number of carbonyl (C=O) groups is 1. The van der Waals surface area contributed by atoms with Gasteiger partial charge in [-0.1, -0.05) is 42.5 Å². The summed E-state index contributed by atoms with van der Waals surface area (Å²) in [4.78, 5) is 19.1. The van der Waals surface area contributed by atoms with Crippen LogP contribution >= 0.6 is 0 Å². The van der Waals surface area contributed by atoms with Crippen LogP contribution in [0.25, 0.3) is 11.4 Å². The standard InChI is InChI=1S/C21H22N4O2/c1-21(18-6-4-3-5-7-18)14-25(12-13-27-21)20(26)17-10-8-16(9-11-17)19-22-15-24(2)23-19/h3-11,15H,12-14H2,1-2H3. The van der Waals surface area contributed by atoms with Crippen LogP contribution in [0.2, 0.25) is 0 Å². The summed E-state index contributed by atoms with van der Waals surface area (Å²) in [6.45, 7) is 3.68. The van der Waals surface area contributed by atoms with Gasteiger partial charge in [-0.3, -0.25) is 9.48 Å². The highest BCUT2D eigenvalue weighted by Gasteiger charge is 2.35. The van der Waals surface area contributed by atoms with Crippen LogP contribution in [0, 0.1) is 0 Å². The van der Waals surface area contributed by atoms with Gasteiger partial charge < -0.3 is 9.64 Å². The predicted molar refractivity (Wildman–Crippen MR) is 102 cm³/mol. The number of morpholine rings is 1. The van der Waals surface area contributed by atoms with Gasteiger partial charge in [0.15, 0.2) is 5.82 Å². The minimum atomic E-state index is -0.493. The minimum absolute atomic E-state index is 0.0148. The molecule has 0 spiro atoms. The van der Waals surface area contributed by atoms with Crippen molar-refractivity contribution in [1.29, 1.82) is 0 Å². The normalized spacial score (nSPS) is 19.9. The Balaban J connectivity index is 1.52. The van der Waals surface area contributed by atoms with E-state index < -0.39 is 5.60 Å². The largest absolute Gasteiger partial charge is 0.367 e. The van der Waals surface area contributed by atoms with Gasteiger partial charge in [-0.2, -0.15) is 5.10 Å². The average Bonchev–Trinajstić information content (AvgIpc) is 3.15. The molecule has 1 aromatic heterocycles. The molecular weight excluding hydrogens is 340 g/mol. The van der Waals surface area contributed by atoms with Gasteiger partial charge >= 0.3 is 0 Å². The van der Waals surface area contributed by atoms with E-state index in [1.165, 1.54) is 0 Å². The monoisotopic (exact) mass is 362 g/mol. The molecule has 1 amide bonds. The first kappa shape index (κ1) is 17.4. The Morgan fingerprint density at radius 2 is 1.85 bits per heavy atom. The number of benzene rings is 2. The summed E-state index contributed by atoms with van der Waals surface area (Å²) in [6.07, 6.45) is 1.66. The van der Waals surface area contributed by atoms with E-state index in [0.717, 1.165) is 11.1 Å². The lowest BCUT2D eigenvalue weighted by molar-refractivity contribution is -0.0930. The maximum absolute atomic E-state index is 13.0. The van der Waals surface area contributed by atoms with Gasteiger partial charge in [0, 0.05) is 24.7 Å². The van der Waals surface area contributed by atoms with Crippen molar-refractivity contribution in [3.63, 3.8) is 0 Å². The Labute approximate surface area is 158 Å². The van der Waals surface area contributed by atoms with Crippen LogP contribution in [0.5, 0.6) is 0 Å². The Bertz CT molecular complexity index is 936. The van der Waals surface area contributed by atoms with Crippen molar-refractivity contribution in [1.82, 2.24) is 19.7 Å². The number of carbonyl (C=O) groups excluding carboxylic acids is 1. The molecule has 0 bridgehead atoms. The number of amides is 1. The molecular formula is C21H22N4O2. The van der Waals surface area contributed by atoms with Gasteiger partial charge in [0.05, 0.1) is 13.2 Å². The van der Waals surface area contributed by atoms with Gasteiger partial charge in [-0.05, 0) is 24.6 Å². The molecule has 27 heavy (non-hydrogen) atoms. The molecule has 1 aliphatic heterocycles. The maximum Gasteiger partial charge on any atom is 0.254 e. The number of rotatable bonds is 3. The minimum Gasteiger partial charge on any atom is -0.367 e. The zero-order chi connectivity index (χ0) is 18.9. The summed E-state index contributed by atoms with van der Waals surface area (Å²) >= 11 is 0. The fourth-order valence-corrected chi connectivity index (χ4v) is 3.42. The van der Waals surface area contributed by atoms with Crippen LogP contribution in [0.1, 0.15) is 22.8 Å². The molecule has 2 heterocycles. The Morgan fingerprint density at radius 1 is 1.11 bits per heavy atom. The SMILES string of the molecule is Cn1cnc(-c2ccc(C(=O)N3CCOC(C)(c4ccccc4)C3)cc2)n1. The van der Waals surface area contributed by atoms with E-state index in [2.05, 4.69) is 10.1 Å². The average molecular weight is 362 g/mol.